The van der Waals surface area contributed by atoms with Gasteiger partial charge < -0.3 is 9.47 Å². The smallest absolute Gasteiger partial charge is 0.416 e. The van der Waals surface area contributed by atoms with Crippen LogP contribution in [0.1, 0.15) is 58.2 Å². The van der Waals surface area contributed by atoms with Crippen LogP contribution in [0.3, 0.4) is 0 Å². The molecule has 1 aromatic heterocycles. The third-order valence-electron chi connectivity index (χ3n) is 5.06. The second-order valence-electron chi connectivity index (χ2n) is 8.51. The normalized spacial score (nSPS) is 21.9. The summed E-state index contributed by atoms with van der Waals surface area (Å²) in [4.78, 5) is 30.8. The molecule has 1 saturated carbocycles. The highest BCUT2D eigenvalue weighted by Gasteiger charge is 2.36. The molecule has 0 atom stereocenters. The average molecular weight is 374 g/mol. The number of carbonyl (C=O) groups excluding carboxylic acids is 2. The van der Waals surface area contributed by atoms with Gasteiger partial charge in [0, 0.05) is 12.2 Å². The standard InChI is InChI=1S/C21H30N2O4/c1-5-26-19(24)16-11-14(12-16)13-17-9-8-15-7-6-10-23(18(15)22-17)20(25)27-21(2,3)4/h8-9,14,16H,5-7,10-13H2,1-4H3/t14-,16-. The number of esters is 1. The van der Waals surface area contributed by atoms with E-state index in [9.17, 15) is 9.59 Å². The number of amides is 1. The number of hydrogen-bond acceptors (Lipinski definition) is 5. The zero-order valence-corrected chi connectivity index (χ0v) is 16.8. The predicted molar refractivity (Wildman–Crippen MR) is 103 cm³/mol. The number of ether oxygens (including phenoxy) is 2. The van der Waals surface area contributed by atoms with Crippen LogP contribution in [0.4, 0.5) is 10.6 Å². The van der Waals surface area contributed by atoms with Gasteiger partial charge in [-0.25, -0.2) is 9.78 Å². The lowest BCUT2D eigenvalue weighted by molar-refractivity contribution is -0.152. The highest BCUT2D eigenvalue weighted by Crippen LogP contribution is 2.37. The molecule has 0 N–H and O–H groups in total. The van der Waals surface area contributed by atoms with Crippen LogP contribution in [0.2, 0.25) is 0 Å². The van der Waals surface area contributed by atoms with Gasteiger partial charge in [-0.2, -0.15) is 0 Å². The first-order valence-electron chi connectivity index (χ1n) is 9.92. The van der Waals surface area contributed by atoms with Crippen molar-refractivity contribution < 1.29 is 19.1 Å². The van der Waals surface area contributed by atoms with E-state index >= 15 is 0 Å². The maximum Gasteiger partial charge on any atom is 0.416 e. The van der Waals surface area contributed by atoms with Gasteiger partial charge in [-0.3, -0.25) is 9.69 Å². The topological polar surface area (TPSA) is 68.7 Å². The van der Waals surface area contributed by atoms with E-state index < -0.39 is 5.60 Å². The van der Waals surface area contributed by atoms with Crippen LogP contribution in [-0.4, -0.2) is 35.8 Å². The first kappa shape index (κ1) is 19.6. The fourth-order valence-corrected chi connectivity index (χ4v) is 3.74. The summed E-state index contributed by atoms with van der Waals surface area (Å²) < 4.78 is 10.6. The minimum Gasteiger partial charge on any atom is -0.466 e. The lowest BCUT2D eigenvalue weighted by atomic mass is 9.72. The van der Waals surface area contributed by atoms with Gasteiger partial charge in [-0.05, 0) is 77.3 Å². The Labute approximate surface area is 161 Å². The zero-order valence-electron chi connectivity index (χ0n) is 16.8. The van der Waals surface area contributed by atoms with Crippen LogP contribution in [0, 0.1) is 11.8 Å². The Kier molecular flexibility index (Phi) is 5.72. The maximum atomic E-state index is 12.6. The second-order valence-corrected chi connectivity index (χ2v) is 8.51. The fourth-order valence-electron chi connectivity index (χ4n) is 3.74. The Balaban J connectivity index is 1.66. The lowest BCUT2D eigenvalue weighted by Gasteiger charge is -2.34. The molecule has 0 aromatic carbocycles. The average Bonchev–Trinajstić information content (AvgIpc) is 2.55. The molecule has 6 heteroatoms. The number of pyridine rings is 1. The Morgan fingerprint density at radius 1 is 1.26 bits per heavy atom. The number of carbonyl (C=O) groups is 2. The lowest BCUT2D eigenvalue weighted by Crippen LogP contribution is -2.40. The summed E-state index contributed by atoms with van der Waals surface area (Å²) in [6.45, 7) is 8.52. The third kappa shape index (κ3) is 4.79. The molecule has 1 aromatic rings. The van der Waals surface area contributed by atoms with Crippen LogP contribution < -0.4 is 4.90 Å². The molecule has 1 aliphatic heterocycles. The van der Waals surface area contributed by atoms with E-state index in [-0.39, 0.29) is 18.0 Å². The summed E-state index contributed by atoms with van der Waals surface area (Å²) in [6.07, 6.45) is 4.04. The summed E-state index contributed by atoms with van der Waals surface area (Å²) in [5, 5.41) is 0. The first-order chi connectivity index (χ1) is 12.8. The van der Waals surface area contributed by atoms with Gasteiger partial charge in [0.1, 0.15) is 11.4 Å². The van der Waals surface area contributed by atoms with E-state index in [1.54, 1.807) is 4.90 Å². The van der Waals surface area contributed by atoms with Crippen molar-refractivity contribution in [3.8, 4) is 0 Å². The maximum absolute atomic E-state index is 12.6. The van der Waals surface area contributed by atoms with Crippen LogP contribution in [0.5, 0.6) is 0 Å². The SMILES string of the molecule is CCOC(=O)[C@H]1C[C@H](Cc2ccc3c(n2)N(C(=O)OC(C)(C)C)CCC3)C1. The van der Waals surface area contributed by atoms with Crippen LogP contribution in [-0.2, 0) is 27.1 Å². The summed E-state index contributed by atoms with van der Waals surface area (Å²) in [6, 6.07) is 4.13. The van der Waals surface area contributed by atoms with Gasteiger partial charge in [0.05, 0.1) is 12.5 Å². The van der Waals surface area contributed by atoms with E-state index in [4.69, 9.17) is 14.5 Å². The number of fused-ring (bicyclic) bond motifs is 1. The van der Waals surface area contributed by atoms with E-state index in [0.29, 0.717) is 19.1 Å². The van der Waals surface area contributed by atoms with Crippen molar-refractivity contribution in [1.82, 2.24) is 4.98 Å². The molecule has 27 heavy (non-hydrogen) atoms. The van der Waals surface area contributed by atoms with Crippen molar-refractivity contribution in [3.63, 3.8) is 0 Å². The Morgan fingerprint density at radius 3 is 2.67 bits per heavy atom. The monoisotopic (exact) mass is 374 g/mol. The molecule has 0 bridgehead atoms. The van der Waals surface area contributed by atoms with Gasteiger partial charge in [-0.1, -0.05) is 6.07 Å². The van der Waals surface area contributed by atoms with E-state index in [1.165, 1.54) is 0 Å². The highest BCUT2D eigenvalue weighted by atomic mass is 16.6. The molecular formula is C21H30N2O4. The van der Waals surface area contributed by atoms with Crippen LogP contribution >= 0.6 is 0 Å². The van der Waals surface area contributed by atoms with Crippen molar-refractivity contribution >= 4 is 17.9 Å². The number of aromatic nitrogens is 1. The van der Waals surface area contributed by atoms with Crippen molar-refractivity contribution in [2.24, 2.45) is 11.8 Å². The van der Waals surface area contributed by atoms with Gasteiger partial charge in [0.15, 0.2) is 0 Å². The Bertz CT molecular complexity index is 705. The summed E-state index contributed by atoms with van der Waals surface area (Å²) in [7, 11) is 0. The molecule has 2 heterocycles. The van der Waals surface area contributed by atoms with Gasteiger partial charge in [-0.15, -0.1) is 0 Å². The number of aryl methyl sites for hydroxylation is 1. The van der Waals surface area contributed by atoms with E-state index in [1.807, 2.05) is 27.7 Å². The molecule has 0 spiro atoms. The van der Waals surface area contributed by atoms with Crippen LogP contribution in [0.25, 0.3) is 0 Å². The predicted octanol–water partition coefficient (Wildman–Crippen LogP) is 3.90. The first-order valence-corrected chi connectivity index (χ1v) is 9.92. The fraction of sp³-hybridized carbons (Fsp3) is 0.667. The van der Waals surface area contributed by atoms with Gasteiger partial charge >= 0.3 is 12.1 Å². The highest BCUT2D eigenvalue weighted by molar-refractivity contribution is 5.88. The second kappa shape index (κ2) is 7.87. The molecule has 6 nitrogen and oxygen atoms in total. The molecule has 3 rings (SSSR count). The largest absolute Gasteiger partial charge is 0.466 e. The molecule has 1 amide bonds. The van der Waals surface area contributed by atoms with Crippen molar-refractivity contribution in [1.29, 1.82) is 0 Å². The molecule has 0 saturated heterocycles. The van der Waals surface area contributed by atoms with Crippen molar-refractivity contribution in [2.75, 3.05) is 18.1 Å². The molecule has 148 valence electrons. The molecule has 1 fully saturated rings. The molecule has 0 radical (unpaired) electrons. The van der Waals surface area contributed by atoms with Crippen molar-refractivity contribution in [3.05, 3.63) is 23.4 Å². The quantitative estimate of drug-likeness (QED) is 0.748. The molecular weight excluding hydrogens is 344 g/mol. The number of hydrogen-bond donors (Lipinski definition) is 0. The number of nitrogens with zero attached hydrogens (tertiary/aromatic N) is 2. The van der Waals surface area contributed by atoms with E-state index in [2.05, 4.69) is 12.1 Å². The molecule has 0 unspecified atom stereocenters. The molecule has 2 aliphatic rings. The summed E-state index contributed by atoms with van der Waals surface area (Å²) in [5.74, 6) is 1.13. The van der Waals surface area contributed by atoms with E-state index in [0.717, 1.165) is 49.2 Å². The third-order valence-corrected chi connectivity index (χ3v) is 5.06. The summed E-state index contributed by atoms with van der Waals surface area (Å²) >= 11 is 0. The summed E-state index contributed by atoms with van der Waals surface area (Å²) in [5.41, 5.74) is 1.53. The van der Waals surface area contributed by atoms with Crippen LogP contribution in [0.15, 0.2) is 12.1 Å². The number of anilines is 1. The van der Waals surface area contributed by atoms with Crippen molar-refractivity contribution in [2.45, 2.75) is 65.4 Å². The minimum atomic E-state index is -0.527. The minimum absolute atomic E-state index is 0.0332. The zero-order chi connectivity index (χ0) is 19.6. The Morgan fingerprint density at radius 2 is 2.00 bits per heavy atom. The van der Waals surface area contributed by atoms with Gasteiger partial charge in [0.25, 0.3) is 0 Å². The number of rotatable bonds is 4. The van der Waals surface area contributed by atoms with Gasteiger partial charge in [0.2, 0.25) is 0 Å². The molecule has 1 aliphatic carbocycles. The Hall–Kier alpha value is -2.11.